The number of hydrogen-bond acceptors (Lipinski definition) is 3. The van der Waals surface area contributed by atoms with Crippen molar-refractivity contribution in [1.29, 1.82) is 0 Å². The lowest BCUT2D eigenvalue weighted by atomic mass is 10.1. The fourth-order valence-electron chi connectivity index (χ4n) is 1.66. The summed E-state index contributed by atoms with van der Waals surface area (Å²) in [6, 6.07) is 8.17. The minimum absolute atomic E-state index is 0.381. The maximum atomic E-state index is 9.96. The molecule has 1 unspecified atom stereocenters. The highest BCUT2D eigenvalue weighted by atomic mass is 16.5. The Kier molecular flexibility index (Phi) is 6.47. The molecule has 1 rings (SSSR count). The molecule has 2 N–H and O–H groups in total. The number of nitrogens with one attached hydrogen (secondary N) is 1. The summed E-state index contributed by atoms with van der Waals surface area (Å²) in [7, 11) is 0. The zero-order valence-electron chi connectivity index (χ0n) is 11.2. The Labute approximate surface area is 109 Å². The van der Waals surface area contributed by atoms with E-state index in [4.69, 9.17) is 4.74 Å². The number of aliphatic hydroxyl groups is 1. The zero-order valence-corrected chi connectivity index (χ0v) is 11.2. The molecule has 18 heavy (non-hydrogen) atoms. The summed E-state index contributed by atoms with van der Waals surface area (Å²) in [6.45, 7) is 8.83. The molecule has 1 aromatic carbocycles. The molecule has 0 aliphatic carbocycles. The van der Waals surface area contributed by atoms with Crippen LogP contribution in [0.5, 0.6) is 5.75 Å². The van der Waals surface area contributed by atoms with Crippen molar-refractivity contribution in [3.8, 4) is 5.75 Å². The second-order valence-corrected chi connectivity index (χ2v) is 4.63. The average molecular weight is 249 g/mol. The SMILES string of the molecule is C=CCOc1ccccc1CC(O)CNC(C)C. The summed E-state index contributed by atoms with van der Waals surface area (Å²) < 4.78 is 5.56. The van der Waals surface area contributed by atoms with Gasteiger partial charge in [0.05, 0.1) is 6.10 Å². The van der Waals surface area contributed by atoms with E-state index in [0.29, 0.717) is 25.6 Å². The molecule has 0 radical (unpaired) electrons. The monoisotopic (exact) mass is 249 g/mol. The van der Waals surface area contributed by atoms with Crippen LogP contribution in [-0.2, 0) is 6.42 Å². The third-order valence-corrected chi connectivity index (χ3v) is 2.55. The van der Waals surface area contributed by atoms with Crippen molar-refractivity contribution < 1.29 is 9.84 Å². The summed E-state index contributed by atoms with van der Waals surface area (Å²) in [4.78, 5) is 0. The minimum Gasteiger partial charge on any atom is -0.489 e. The van der Waals surface area contributed by atoms with E-state index >= 15 is 0 Å². The molecular formula is C15H23NO2. The smallest absolute Gasteiger partial charge is 0.123 e. The van der Waals surface area contributed by atoms with Crippen LogP contribution in [0.2, 0.25) is 0 Å². The topological polar surface area (TPSA) is 41.5 Å². The van der Waals surface area contributed by atoms with Gasteiger partial charge in [0.1, 0.15) is 12.4 Å². The molecule has 0 aromatic heterocycles. The summed E-state index contributed by atoms with van der Waals surface area (Å²) in [5, 5.41) is 13.2. The van der Waals surface area contributed by atoms with Gasteiger partial charge in [-0.3, -0.25) is 0 Å². The van der Waals surface area contributed by atoms with E-state index in [1.54, 1.807) is 6.08 Å². The number of aliphatic hydroxyl groups excluding tert-OH is 1. The Bertz CT molecular complexity index is 363. The molecule has 0 heterocycles. The molecule has 0 aliphatic heterocycles. The average Bonchev–Trinajstić information content (AvgIpc) is 2.35. The molecule has 3 heteroatoms. The van der Waals surface area contributed by atoms with Gasteiger partial charge in [-0.05, 0) is 11.6 Å². The van der Waals surface area contributed by atoms with Gasteiger partial charge in [-0.1, -0.05) is 44.7 Å². The molecular weight excluding hydrogens is 226 g/mol. The predicted molar refractivity (Wildman–Crippen MR) is 75.0 cm³/mol. The molecule has 0 saturated carbocycles. The fraction of sp³-hybridized carbons (Fsp3) is 0.467. The standard InChI is InChI=1S/C15H23NO2/c1-4-9-18-15-8-6-5-7-13(15)10-14(17)11-16-12(2)3/h4-8,12,14,16-17H,1,9-11H2,2-3H3. The van der Waals surface area contributed by atoms with Gasteiger partial charge >= 0.3 is 0 Å². The molecule has 1 atom stereocenters. The van der Waals surface area contributed by atoms with Gasteiger partial charge in [-0.15, -0.1) is 0 Å². The summed E-state index contributed by atoms with van der Waals surface area (Å²) in [6.07, 6.45) is 1.90. The summed E-state index contributed by atoms with van der Waals surface area (Å²) >= 11 is 0. The van der Waals surface area contributed by atoms with Crippen molar-refractivity contribution in [3.05, 3.63) is 42.5 Å². The lowest BCUT2D eigenvalue weighted by molar-refractivity contribution is 0.167. The molecule has 0 saturated heterocycles. The third kappa shape index (κ3) is 5.34. The minimum atomic E-state index is -0.402. The van der Waals surface area contributed by atoms with E-state index in [9.17, 15) is 5.11 Å². The van der Waals surface area contributed by atoms with Crippen LogP contribution in [0, 0.1) is 0 Å². The van der Waals surface area contributed by atoms with Gasteiger partial charge in [-0.2, -0.15) is 0 Å². The first-order valence-corrected chi connectivity index (χ1v) is 6.36. The van der Waals surface area contributed by atoms with Crippen molar-refractivity contribution in [2.24, 2.45) is 0 Å². The lowest BCUT2D eigenvalue weighted by Crippen LogP contribution is -2.33. The molecule has 0 aliphatic rings. The first-order chi connectivity index (χ1) is 8.63. The van der Waals surface area contributed by atoms with Crippen molar-refractivity contribution >= 4 is 0 Å². The highest BCUT2D eigenvalue weighted by Gasteiger charge is 2.10. The normalized spacial score (nSPS) is 12.4. The number of benzene rings is 1. The van der Waals surface area contributed by atoms with Crippen LogP contribution in [0.3, 0.4) is 0 Å². The molecule has 3 nitrogen and oxygen atoms in total. The van der Waals surface area contributed by atoms with Gasteiger partial charge in [-0.25, -0.2) is 0 Å². The number of para-hydroxylation sites is 1. The molecule has 0 spiro atoms. The van der Waals surface area contributed by atoms with Crippen LogP contribution in [0.15, 0.2) is 36.9 Å². The Morgan fingerprint density at radius 1 is 1.39 bits per heavy atom. The molecule has 0 fully saturated rings. The highest BCUT2D eigenvalue weighted by Crippen LogP contribution is 2.19. The Balaban J connectivity index is 2.56. The van der Waals surface area contributed by atoms with Gasteiger partial charge in [0.2, 0.25) is 0 Å². The van der Waals surface area contributed by atoms with Gasteiger partial charge in [0.25, 0.3) is 0 Å². The highest BCUT2D eigenvalue weighted by molar-refractivity contribution is 5.34. The Morgan fingerprint density at radius 2 is 2.11 bits per heavy atom. The van der Waals surface area contributed by atoms with Crippen LogP contribution in [0.25, 0.3) is 0 Å². The summed E-state index contributed by atoms with van der Waals surface area (Å²) in [5.74, 6) is 0.820. The van der Waals surface area contributed by atoms with Crippen molar-refractivity contribution in [2.45, 2.75) is 32.4 Å². The Morgan fingerprint density at radius 3 is 2.78 bits per heavy atom. The predicted octanol–water partition coefficient (Wildman–Crippen LogP) is 2.15. The lowest BCUT2D eigenvalue weighted by Gasteiger charge is -2.16. The van der Waals surface area contributed by atoms with Crippen LogP contribution >= 0.6 is 0 Å². The van der Waals surface area contributed by atoms with Crippen LogP contribution < -0.4 is 10.1 Å². The van der Waals surface area contributed by atoms with E-state index in [-0.39, 0.29) is 0 Å². The van der Waals surface area contributed by atoms with Crippen LogP contribution in [-0.4, -0.2) is 30.4 Å². The summed E-state index contributed by atoms with van der Waals surface area (Å²) in [5.41, 5.74) is 1.03. The molecule has 0 amide bonds. The fourth-order valence-corrected chi connectivity index (χ4v) is 1.66. The quantitative estimate of drug-likeness (QED) is 0.694. The van der Waals surface area contributed by atoms with Gasteiger partial charge in [0.15, 0.2) is 0 Å². The van der Waals surface area contributed by atoms with E-state index in [2.05, 4.69) is 25.7 Å². The number of hydrogen-bond donors (Lipinski definition) is 2. The van der Waals surface area contributed by atoms with E-state index < -0.39 is 6.10 Å². The maximum Gasteiger partial charge on any atom is 0.123 e. The van der Waals surface area contributed by atoms with E-state index in [0.717, 1.165) is 11.3 Å². The van der Waals surface area contributed by atoms with Crippen molar-refractivity contribution in [2.75, 3.05) is 13.2 Å². The van der Waals surface area contributed by atoms with Crippen molar-refractivity contribution in [1.82, 2.24) is 5.32 Å². The number of ether oxygens (including phenoxy) is 1. The van der Waals surface area contributed by atoms with E-state index in [1.165, 1.54) is 0 Å². The second-order valence-electron chi connectivity index (χ2n) is 4.63. The van der Waals surface area contributed by atoms with Crippen LogP contribution in [0.4, 0.5) is 0 Å². The molecule has 1 aromatic rings. The van der Waals surface area contributed by atoms with E-state index in [1.807, 2.05) is 24.3 Å². The number of rotatable bonds is 8. The maximum absolute atomic E-state index is 9.96. The van der Waals surface area contributed by atoms with Gasteiger partial charge in [0, 0.05) is 19.0 Å². The third-order valence-electron chi connectivity index (χ3n) is 2.55. The Hall–Kier alpha value is -1.32. The van der Waals surface area contributed by atoms with Gasteiger partial charge < -0.3 is 15.2 Å². The van der Waals surface area contributed by atoms with Crippen LogP contribution in [0.1, 0.15) is 19.4 Å². The first-order valence-electron chi connectivity index (χ1n) is 6.36. The molecule has 0 bridgehead atoms. The second kappa shape index (κ2) is 7.90. The van der Waals surface area contributed by atoms with Crippen molar-refractivity contribution in [3.63, 3.8) is 0 Å². The largest absolute Gasteiger partial charge is 0.489 e. The zero-order chi connectivity index (χ0) is 13.4. The molecule has 100 valence electrons. The first kappa shape index (κ1) is 14.7.